The lowest BCUT2D eigenvalue weighted by Crippen LogP contribution is -1.99. The zero-order valence-electron chi connectivity index (χ0n) is 10.3. The van der Waals surface area contributed by atoms with Gasteiger partial charge >= 0.3 is 5.97 Å². The van der Waals surface area contributed by atoms with Crippen LogP contribution in [0.5, 0.6) is 0 Å². The molecular weight excluding hydrogens is 286 g/mol. The SMILES string of the molecule is CCCc1nc(CSc2nc(CC(=O)O)cs2)no1. The van der Waals surface area contributed by atoms with Crippen molar-refractivity contribution in [2.75, 3.05) is 0 Å². The Morgan fingerprint density at radius 3 is 3.11 bits per heavy atom. The quantitative estimate of drug-likeness (QED) is 0.785. The van der Waals surface area contributed by atoms with Gasteiger partial charge in [0.05, 0.1) is 17.9 Å². The first kappa shape index (κ1) is 14.0. The number of carbonyl (C=O) groups is 1. The second-order valence-electron chi connectivity index (χ2n) is 3.82. The van der Waals surface area contributed by atoms with Gasteiger partial charge in [-0.2, -0.15) is 4.98 Å². The van der Waals surface area contributed by atoms with Crippen LogP contribution in [0.1, 0.15) is 30.8 Å². The second-order valence-corrected chi connectivity index (χ2v) is 5.90. The van der Waals surface area contributed by atoms with Crippen molar-refractivity contribution in [3.63, 3.8) is 0 Å². The van der Waals surface area contributed by atoms with Crippen LogP contribution in [0.15, 0.2) is 14.2 Å². The monoisotopic (exact) mass is 299 g/mol. The Hall–Kier alpha value is -1.41. The highest BCUT2D eigenvalue weighted by Crippen LogP contribution is 2.25. The highest BCUT2D eigenvalue weighted by atomic mass is 32.2. The number of hydrogen-bond acceptors (Lipinski definition) is 7. The van der Waals surface area contributed by atoms with Gasteiger partial charge in [-0.1, -0.05) is 23.8 Å². The van der Waals surface area contributed by atoms with Crippen molar-refractivity contribution in [1.82, 2.24) is 15.1 Å². The van der Waals surface area contributed by atoms with Crippen molar-refractivity contribution >= 4 is 29.1 Å². The molecule has 0 spiro atoms. The van der Waals surface area contributed by atoms with Crippen LogP contribution in [0.2, 0.25) is 0 Å². The molecule has 1 N–H and O–H groups in total. The number of rotatable bonds is 7. The molecule has 102 valence electrons. The Morgan fingerprint density at radius 1 is 1.53 bits per heavy atom. The Balaban J connectivity index is 1.87. The first-order valence-electron chi connectivity index (χ1n) is 5.78. The molecule has 19 heavy (non-hydrogen) atoms. The Bertz CT molecular complexity index is 553. The zero-order valence-corrected chi connectivity index (χ0v) is 12.0. The molecule has 6 nitrogen and oxygen atoms in total. The van der Waals surface area contributed by atoms with Crippen molar-refractivity contribution in [1.29, 1.82) is 0 Å². The minimum atomic E-state index is -0.871. The molecule has 0 aliphatic heterocycles. The number of carboxylic acid groups (broad SMARTS) is 1. The van der Waals surface area contributed by atoms with E-state index in [0.29, 0.717) is 23.2 Å². The molecule has 0 fully saturated rings. The fourth-order valence-corrected chi connectivity index (χ4v) is 3.07. The summed E-state index contributed by atoms with van der Waals surface area (Å²) in [5.41, 5.74) is 0.583. The third-order valence-corrected chi connectivity index (χ3v) is 4.23. The van der Waals surface area contributed by atoms with Gasteiger partial charge in [0.2, 0.25) is 5.89 Å². The summed E-state index contributed by atoms with van der Waals surface area (Å²) < 4.78 is 5.90. The van der Waals surface area contributed by atoms with E-state index in [1.54, 1.807) is 5.38 Å². The largest absolute Gasteiger partial charge is 0.481 e. The van der Waals surface area contributed by atoms with Gasteiger partial charge in [-0.3, -0.25) is 4.79 Å². The average Bonchev–Trinajstić information content (AvgIpc) is 2.96. The number of thiazole rings is 1. The number of carboxylic acids is 1. The van der Waals surface area contributed by atoms with Gasteiger partial charge in [-0.05, 0) is 6.42 Å². The molecule has 0 radical (unpaired) electrons. The van der Waals surface area contributed by atoms with Crippen LogP contribution in [0, 0.1) is 0 Å². The summed E-state index contributed by atoms with van der Waals surface area (Å²) in [6.07, 6.45) is 1.72. The smallest absolute Gasteiger partial charge is 0.309 e. The lowest BCUT2D eigenvalue weighted by molar-refractivity contribution is -0.136. The fourth-order valence-electron chi connectivity index (χ4n) is 1.38. The molecule has 2 heterocycles. The van der Waals surface area contributed by atoms with E-state index < -0.39 is 5.97 Å². The molecule has 0 bridgehead atoms. The van der Waals surface area contributed by atoms with E-state index in [1.165, 1.54) is 23.1 Å². The van der Waals surface area contributed by atoms with E-state index >= 15 is 0 Å². The Labute approximate surface area is 118 Å². The molecule has 2 aromatic rings. The molecule has 8 heteroatoms. The fraction of sp³-hybridized carbons (Fsp3) is 0.455. The van der Waals surface area contributed by atoms with Gasteiger partial charge in [-0.15, -0.1) is 11.3 Å². The Morgan fingerprint density at radius 2 is 2.37 bits per heavy atom. The van der Waals surface area contributed by atoms with Crippen LogP contribution < -0.4 is 0 Å². The van der Waals surface area contributed by atoms with Crippen LogP contribution in [0.25, 0.3) is 0 Å². The molecule has 0 aromatic carbocycles. The van der Waals surface area contributed by atoms with E-state index in [0.717, 1.165) is 17.2 Å². The van der Waals surface area contributed by atoms with Crippen LogP contribution in [0.3, 0.4) is 0 Å². The first-order chi connectivity index (χ1) is 9.17. The van der Waals surface area contributed by atoms with Crippen molar-refractivity contribution < 1.29 is 14.4 Å². The average molecular weight is 299 g/mol. The van der Waals surface area contributed by atoms with E-state index in [2.05, 4.69) is 22.0 Å². The van der Waals surface area contributed by atoms with Crippen molar-refractivity contribution in [2.45, 2.75) is 36.3 Å². The molecule has 0 amide bonds. The summed E-state index contributed by atoms with van der Waals surface area (Å²) in [6, 6.07) is 0. The Kier molecular flexibility index (Phi) is 4.92. The number of aromatic nitrogens is 3. The van der Waals surface area contributed by atoms with E-state index in [1.807, 2.05) is 0 Å². The molecule has 0 aliphatic rings. The maximum atomic E-state index is 10.5. The van der Waals surface area contributed by atoms with E-state index in [9.17, 15) is 4.79 Å². The maximum absolute atomic E-state index is 10.5. The molecule has 0 unspecified atom stereocenters. The van der Waals surface area contributed by atoms with Gasteiger partial charge in [0.15, 0.2) is 10.2 Å². The lowest BCUT2D eigenvalue weighted by Gasteiger charge is -1.91. The highest BCUT2D eigenvalue weighted by molar-refractivity contribution is 8.00. The van der Waals surface area contributed by atoms with Crippen LogP contribution >= 0.6 is 23.1 Å². The second kappa shape index (κ2) is 6.67. The lowest BCUT2D eigenvalue weighted by atomic mass is 10.3. The highest BCUT2D eigenvalue weighted by Gasteiger charge is 2.09. The minimum absolute atomic E-state index is 0.0417. The predicted octanol–water partition coefficient (Wildman–Crippen LogP) is 2.40. The third kappa shape index (κ3) is 4.32. The van der Waals surface area contributed by atoms with Gasteiger partial charge in [0.25, 0.3) is 0 Å². The van der Waals surface area contributed by atoms with Gasteiger partial charge in [-0.25, -0.2) is 4.98 Å². The molecule has 0 saturated heterocycles. The van der Waals surface area contributed by atoms with Crippen LogP contribution in [-0.4, -0.2) is 26.2 Å². The summed E-state index contributed by atoms with van der Waals surface area (Å²) in [5, 5.41) is 14.3. The first-order valence-corrected chi connectivity index (χ1v) is 7.64. The molecule has 2 rings (SSSR count). The van der Waals surface area contributed by atoms with Crippen molar-refractivity contribution in [3.8, 4) is 0 Å². The number of aryl methyl sites for hydroxylation is 1. The molecule has 0 atom stereocenters. The summed E-state index contributed by atoms with van der Waals surface area (Å²) in [6.45, 7) is 2.05. The summed E-state index contributed by atoms with van der Waals surface area (Å²) in [7, 11) is 0. The predicted molar refractivity (Wildman–Crippen MR) is 71.3 cm³/mol. The topological polar surface area (TPSA) is 89.1 Å². The normalized spacial score (nSPS) is 10.8. The molecular formula is C11H13N3O3S2. The van der Waals surface area contributed by atoms with Gasteiger partial charge in [0.1, 0.15) is 0 Å². The maximum Gasteiger partial charge on any atom is 0.309 e. The third-order valence-electron chi connectivity index (χ3n) is 2.16. The van der Waals surface area contributed by atoms with Gasteiger partial charge in [0, 0.05) is 11.8 Å². The molecule has 0 saturated carbocycles. The zero-order chi connectivity index (χ0) is 13.7. The molecule has 2 aromatic heterocycles. The number of thioether (sulfide) groups is 1. The van der Waals surface area contributed by atoms with Gasteiger partial charge < -0.3 is 9.63 Å². The van der Waals surface area contributed by atoms with Crippen molar-refractivity contribution in [2.24, 2.45) is 0 Å². The minimum Gasteiger partial charge on any atom is -0.481 e. The number of nitrogens with zero attached hydrogens (tertiary/aromatic N) is 3. The number of aliphatic carboxylic acids is 1. The van der Waals surface area contributed by atoms with E-state index in [-0.39, 0.29) is 6.42 Å². The number of hydrogen-bond donors (Lipinski definition) is 1. The summed E-state index contributed by atoms with van der Waals surface area (Å²) >= 11 is 2.91. The van der Waals surface area contributed by atoms with E-state index in [4.69, 9.17) is 9.63 Å². The van der Waals surface area contributed by atoms with Crippen molar-refractivity contribution in [3.05, 3.63) is 22.8 Å². The van der Waals surface area contributed by atoms with Crippen LogP contribution in [-0.2, 0) is 23.4 Å². The summed E-state index contributed by atoms with van der Waals surface area (Å²) in [4.78, 5) is 19.0. The standard InChI is InChI=1S/C11H13N3O3S2/c1-2-3-9-13-8(14-17-9)6-19-11-12-7(5-18-11)4-10(15)16/h5H,2-4,6H2,1H3,(H,15,16). The molecule has 0 aliphatic carbocycles. The van der Waals surface area contributed by atoms with Crippen LogP contribution in [0.4, 0.5) is 0 Å². The summed E-state index contributed by atoms with van der Waals surface area (Å²) in [5.74, 6) is 1.00.